The maximum atomic E-state index is 12.9. The van der Waals surface area contributed by atoms with E-state index < -0.39 is 15.2 Å². The van der Waals surface area contributed by atoms with E-state index in [0.717, 1.165) is 16.7 Å². The molecule has 3 rings (SSSR count). The Bertz CT molecular complexity index is 815. The summed E-state index contributed by atoms with van der Waals surface area (Å²) in [7, 11) is -3.31. The Labute approximate surface area is 133 Å². The van der Waals surface area contributed by atoms with Gasteiger partial charge in [0.25, 0.3) is 5.91 Å². The van der Waals surface area contributed by atoms with Crippen LogP contribution in [-0.2, 0) is 9.84 Å². The number of amides is 1. The number of pyridine rings is 1. The molecule has 1 aliphatic rings. The topological polar surface area (TPSA) is 67.3 Å². The molecule has 0 N–H and O–H groups in total. The lowest BCUT2D eigenvalue weighted by Crippen LogP contribution is -2.49. The molecule has 0 bridgehead atoms. The molecular weight excluding hydrogens is 320 g/mol. The van der Waals surface area contributed by atoms with Crippen LogP contribution in [0.5, 0.6) is 0 Å². The van der Waals surface area contributed by atoms with Crippen molar-refractivity contribution < 1.29 is 13.2 Å². The first-order chi connectivity index (χ1) is 10.5. The van der Waals surface area contributed by atoms with Crippen molar-refractivity contribution in [1.82, 2.24) is 9.88 Å². The van der Waals surface area contributed by atoms with Gasteiger partial charge in [-0.3, -0.25) is 9.78 Å². The van der Waals surface area contributed by atoms with E-state index in [9.17, 15) is 13.2 Å². The SMILES string of the molecule is CS(=O)(=O)[C@H]1CSCCN1C(=O)c1cccc2ncccc12. The lowest BCUT2D eigenvalue weighted by molar-refractivity contribution is 0.0751. The molecule has 5 nitrogen and oxygen atoms in total. The average Bonchev–Trinajstić information content (AvgIpc) is 2.53. The number of aromatic nitrogens is 1. The van der Waals surface area contributed by atoms with Gasteiger partial charge < -0.3 is 4.90 Å². The Hall–Kier alpha value is -1.60. The van der Waals surface area contributed by atoms with Crippen molar-refractivity contribution >= 4 is 38.4 Å². The zero-order chi connectivity index (χ0) is 15.7. The lowest BCUT2D eigenvalue weighted by atomic mass is 10.1. The third-order valence-corrected chi connectivity index (χ3v) is 6.36. The molecule has 2 aromatic rings. The number of benzene rings is 1. The van der Waals surface area contributed by atoms with Crippen LogP contribution >= 0.6 is 11.8 Å². The molecule has 7 heteroatoms. The summed E-state index contributed by atoms with van der Waals surface area (Å²) in [6.07, 6.45) is 2.86. The Morgan fingerprint density at radius 2 is 2.14 bits per heavy atom. The normalized spacial score (nSPS) is 19.3. The molecule has 1 atom stereocenters. The fourth-order valence-corrected chi connectivity index (χ4v) is 5.43. The minimum absolute atomic E-state index is 0.241. The molecule has 0 unspecified atom stereocenters. The number of thioether (sulfide) groups is 1. The fourth-order valence-electron chi connectivity index (χ4n) is 2.61. The monoisotopic (exact) mass is 336 g/mol. The number of fused-ring (bicyclic) bond motifs is 1. The third-order valence-electron chi connectivity index (χ3n) is 3.72. The standard InChI is InChI=1S/C15H16N2O3S2/c1-22(19,20)14-10-21-9-8-17(14)15(18)12-4-2-6-13-11(12)5-3-7-16-13/h2-7,14H,8-10H2,1H3/t14-/m0/s1. The molecule has 1 aliphatic heterocycles. The van der Waals surface area contributed by atoms with E-state index in [1.54, 1.807) is 36.2 Å². The fraction of sp³-hybridized carbons (Fsp3) is 0.333. The molecule has 0 saturated carbocycles. The Morgan fingerprint density at radius 1 is 1.32 bits per heavy atom. The Kier molecular flexibility index (Phi) is 4.10. The summed E-state index contributed by atoms with van der Waals surface area (Å²) in [5, 5.41) is -0.00819. The smallest absolute Gasteiger partial charge is 0.255 e. The maximum Gasteiger partial charge on any atom is 0.255 e. The first-order valence-electron chi connectivity index (χ1n) is 6.90. The van der Waals surface area contributed by atoms with Gasteiger partial charge >= 0.3 is 0 Å². The quantitative estimate of drug-likeness (QED) is 0.836. The zero-order valence-electron chi connectivity index (χ0n) is 12.1. The minimum Gasteiger partial charge on any atom is -0.320 e. The molecule has 116 valence electrons. The van der Waals surface area contributed by atoms with Crippen molar-refractivity contribution in [3.63, 3.8) is 0 Å². The summed E-state index contributed by atoms with van der Waals surface area (Å²) in [6, 6.07) is 8.96. The highest BCUT2D eigenvalue weighted by Gasteiger charge is 2.35. The molecule has 1 fully saturated rings. The van der Waals surface area contributed by atoms with E-state index in [4.69, 9.17) is 0 Å². The highest BCUT2D eigenvalue weighted by atomic mass is 32.2. The maximum absolute atomic E-state index is 12.9. The van der Waals surface area contributed by atoms with E-state index in [1.165, 1.54) is 11.2 Å². The lowest BCUT2D eigenvalue weighted by Gasteiger charge is -2.34. The van der Waals surface area contributed by atoms with Gasteiger partial charge in [-0.25, -0.2) is 8.42 Å². The van der Waals surface area contributed by atoms with Crippen molar-refractivity contribution in [2.24, 2.45) is 0 Å². The van der Waals surface area contributed by atoms with Gasteiger partial charge in [-0.2, -0.15) is 11.8 Å². The van der Waals surface area contributed by atoms with Crippen molar-refractivity contribution in [3.8, 4) is 0 Å². The van der Waals surface area contributed by atoms with Gasteiger partial charge in [0.05, 0.1) is 5.52 Å². The van der Waals surface area contributed by atoms with Gasteiger partial charge in [0.2, 0.25) is 0 Å². The number of sulfone groups is 1. The van der Waals surface area contributed by atoms with Crippen LogP contribution in [0.4, 0.5) is 0 Å². The minimum atomic E-state index is -3.31. The highest BCUT2D eigenvalue weighted by molar-refractivity contribution is 8.00. The predicted molar refractivity (Wildman–Crippen MR) is 88.7 cm³/mol. The zero-order valence-corrected chi connectivity index (χ0v) is 13.7. The molecular formula is C15H16N2O3S2. The summed E-state index contributed by atoms with van der Waals surface area (Å²) >= 11 is 1.56. The number of hydrogen-bond acceptors (Lipinski definition) is 5. The summed E-state index contributed by atoms with van der Waals surface area (Å²) < 4.78 is 24.0. The van der Waals surface area contributed by atoms with Crippen LogP contribution in [0.2, 0.25) is 0 Å². The van der Waals surface area contributed by atoms with Crippen molar-refractivity contribution in [2.45, 2.75) is 5.37 Å². The van der Waals surface area contributed by atoms with Gasteiger partial charge in [0, 0.05) is 41.5 Å². The molecule has 22 heavy (non-hydrogen) atoms. The van der Waals surface area contributed by atoms with Gasteiger partial charge in [-0.05, 0) is 18.2 Å². The number of rotatable bonds is 2. The van der Waals surface area contributed by atoms with Crippen LogP contribution < -0.4 is 0 Å². The number of nitrogens with zero attached hydrogens (tertiary/aromatic N) is 2. The summed E-state index contributed by atoms with van der Waals surface area (Å²) in [5.74, 6) is 0.934. The molecule has 1 saturated heterocycles. The first kappa shape index (κ1) is 15.3. The van der Waals surface area contributed by atoms with Crippen molar-refractivity contribution in [3.05, 3.63) is 42.1 Å². The van der Waals surface area contributed by atoms with Gasteiger partial charge in [0.1, 0.15) is 5.37 Å². The first-order valence-corrected chi connectivity index (χ1v) is 10.0. The average molecular weight is 336 g/mol. The van der Waals surface area contributed by atoms with E-state index in [0.29, 0.717) is 17.9 Å². The number of carbonyl (C=O) groups is 1. The van der Waals surface area contributed by atoms with Gasteiger partial charge in [0.15, 0.2) is 9.84 Å². The molecule has 1 aromatic carbocycles. The predicted octanol–water partition coefficient (Wildman–Crippen LogP) is 1.79. The van der Waals surface area contributed by atoms with Crippen LogP contribution in [0.15, 0.2) is 36.5 Å². The number of hydrogen-bond donors (Lipinski definition) is 0. The number of carbonyl (C=O) groups excluding carboxylic acids is 1. The van der Waals surface area contributed by atoms with Crippen LogP contribution in [0, 0.1) is 0 Å². The molecule has 0 aliphatic carbocycles. The third kappa shape index (κ3) is 2.83. The highest BCUT2D eigenvalue weighted by Crippen LogP contribution is 2.25. The van der Waals surface area contributed by atoms with Crippen LogP contribution in [0.1, 0.15) is 10.4 Å². The van der Waals surface area contributed by atoms with Gasteiger partial charge in [-0.1, -0.05) is 12.1 Å². The summed E-state index contributed by atoms with van der Waals surface area (Å²) in [6.45, 7) is 0.442. The largest absolute Gasteiger partial charge is 0.320 e. The molecule has 0 radical (unpaired) electrons. The van der Waals surface area contributed by atoms with Crippen LogP contribution in [-0.4, -0.2) is 53.9 Å². The van der Waals surface area contributed by atoms with E-state index in [2.05, 4.69) is 4.98 Å². The van der Waals surface area contributed by atoms with E-state index >= 15 is 0 Å². The summed E-state index contributed by atoms with van der Waals surface area (Å²) in [4.78, 5) is 18.6. The van der Waals surface area contributed by atoms with E-state index in [-0.39, 0.29) is 5.91 Å². The molecule has 1 aromatic heterocycles. The Balaban J connectivity index is 2.05. The van der Waals surface area contributed by atoms with Crippen LogP contribution in [0.25, 0.3) is 10.9 Å². The molecule has 1 amide bonds. The molecule has 0 spiro atoms. The molecule has 2 heterocycles. The summed E-state index contributed by atoms with van der Waals surface area (Å²) in [5.41, 5.74) is 1.24. The second-order valence-corrected chi connectivity index (χ2v) is 8.59. The Morgan fingerprint density at radius 3 is 2.91 bits per heavy atom. The second kappa shape index (κ2) is 5.89. The van der Waals surface area contributed by atoms with Crippen LogP contribution in [0.3, 0.4) is 0 Å². The van der Waals surface area contributed by atoms with Gasteiger partial charge in [-0.15, -0.1) is 0 Å². The van der Waals surface area contributed by atoms with Crippen molar-refractivity contribution in [1.29, 1.82) is 0 Å². The van der Waals surface area contributed by atoms with Crippen molar-refractivity contribution in [2.75, 3.05) is 24.3 Å². The van der Waals surface area contributed by atoms with E-state index in [1.807, 2.05) is 12.1 Å². The second-order valence-electron chi connectivity index (χ2n) is 5.23.